The number of amidine groups is 1. The van der Waals surface area contributed by atoms with Crippen LogP contribution >= 0.6 is 0 Å². The lowest BCUT2D eigenvalue weighted by Gasteiger charge is -2.26. The summed E-state index contributed by atoms with van der Waals surface area (Å²) in [5, 5.41) is 20.6. The molecule has 3 aromatic rings. The van der Waals surface area contributed by atoms with Gasteiger partial charge in [0.05, 0.1) is 0 Å². The number of benzene rings is 3. The zero-order chi connectivity index (χ0) is 23.9. The summed E-state index contributed by atoms with van der Waals surface area (Å²) in [5.41, 5.74) is 10.4. The Labute approximate surface area is 190 Å². The van der Waals surface area contributed by atoms with E-state index >= 15 is 0 Å². The van der Waals surface area contributed by atoms with Crippen LogP contribution in [0.5, 0.6) is 0 Å². The summed E-state index contributed by atoms with van der Waals surface area (Å²) in [6.45, 7) is 5.51. The topological polar surface area (TPSA) is 99.2 Å². The standard InChI is InChI=1S/C26H23F2N3O2/c1-13(2)14-3-5-19-16(7-14)9-17-8-15(4-6-20(17)24(19)32)26(33)31-12-21-22(27)10-18(25(29)30)11-23(21)28/h3-8,10-11,24,32H,1,9,12H2,2H3,(H3,29,30)(H,31,33)/t24-/m0/s1. The minimum absolute atomic E-state index is 0.0663. The molecule has 1 amide bonds. The Kier molecular flexibility index (Phi) is 5.82. The molecule has 5 nitrogen and oxygen atoms in total. The normalized spacial score (nSPS) is 14.2. The number of carbonyl (C=O) groups excluding carboxylic acids is 1. The van der Waals surface area contributed by atoms with Crippen molar-refractivity contribution in [3.8, 4) is 0 Å². The van der Waals surface area contributed by atoms with E-state index in [-0.39, 0.29) is 17.7 Å². The minimum Gasteiger partial charge on any atom is -0.384 e. The average molecular weight is 447 g/mol. The fourth-order valence-electron chi connectivity index (χ4n) is 4.03. The summed E-state index contributed by atoms with van der Waals surface area (Å²) in [6, 6.07) is 12.7. The molecular formula is C26H23F2N3O2. The summed E-state index contributed by atoms with van der Waals surface area (Å²) < 4.78 is 28.5. The zero-order valence-electron chi connectivity index (χ0n) is 18.0. The van der Waals surface area contributed by atoms with Crippen molar-refractivity contribution in [3.05, 3.63) is 111 Å². The fourth-order valence-corrected chi connectivity index (χ4v) is 4.03. The molecule has 0 aliphatic heterocycles. The minimum atomic E-state index is -0.890. The first kappa shape index (κ1) is 22.4. The molecule has 1 aliphatic carbocycles. The predicted molar refractivity (Wildman–Crippen MR) is 123 cm³/mol. The molecule has 0 radical (unpaired) electrons. The lowest BCUT2D eigenvalue weighted by atomic mass is 9.82. The first-order valence-electron chi connectivity index (χ1n) is 10.4. The second-order valence-electron chi connectivity index (χ2n) is 8.20. The van der Waals surface area contributed by atoms with Crippen molar-refractivity contribution < 1.29 is 18.7 Å². The molecule has 7 heteroatoms. The van der Waals surface area contributed by atoms with Gasteiger partial charge in [-0.1, -0.05) is 36.4 Å². The van der Waals surface area contributed by atoms with Gasteiger partial charge in [0, 0.05) is 23.2 Å². The number of aliphatic hydroxyl groups excluding tert-OH is 1. The first-order valence-corrected chi connectivity index (χ1v) is 10.4. The summed E-state index contributed by atoms with van der Waals surface area (Å²) in [6.07, 6.45) is -0.261. The Morgan fingerprint density at radius 2 is 1.61 bits per heavy atom. The third-order valence-electron chi connectivity index (χ3n) is 5.89. The van der Waals surface area contributed by atoms with Crippen LogP contribution < -0.4 is 11.1 Å². The number of hydrogen-bond acceptors (Lipinski definition) is 3. The second-order valence-corrected chi connectivity index (χ2v) is 8.20. The number of hydrogen-bond donors (Lipinski definition) is 4. The summed E-state index contributed by atoms with van der Waals surface area (Å²) >= 11 is 0. The maximum atomic E-state index is 14.2. The molecule has 0 heterocycles. The van der Waals surface area contributed by atoms with Gasteiger partial charge in [-0.05, 0) is 65.4 Å². The predicted octanol–water partition coefficient (Wildman–Crippen LogP) is 4.20. The second kappa shape index (κ2) is 8.60. The molecule has 0 unspecified atom stereocenters. The largest absolute Gasteiger partial charge is 0.384 e. The number of fused-ring (bicyclic) bond motifs is 2. The molecule has 0 fully saturated rings. The van der Waals surface area contributed by atoms with Gasteiger partial charge >= 0.3 is 0 Å². The van der Waals surface area contributed by atoms with E-state index in [1.54, 1.807) is 18.2 Å². The van der Waals surface area contributed by atoms with Crippen molar-refractivity contribution in [2.45, 2.75) is 26.0 Å². The van der Waals surface area contributed by atoms with Crippen LogP contribution in [0.25, 0.3) is 5.57 Å². The van der Waals surface area contributed by atoms with E-state index in [9.17, 15) is 18.7 Å². The number of nitrogens with one attached hydrogen (secondary N) is 2. The lowest BCUT2D eigenvalue weighted by molar-refractivity contribution is 0.0950. The quantitative estimate of drug-likeness (QED) is 0.348. The number of rotatable bonds is 5. The molecule has 0 saturated heterocycles. The van der Waals surface area contributed by atoms with Crippen LogP contribution in [0.15, 0.2) is 55.1 Å². The molecule has 1 atom stereocenters. The number of halogens is 2. The average Bonchev–Trinajstić information content (AvgIpc) is 2.77. The molecule has 168 valence electrons. The molecule has 0 spiro atoms. The Morgan fingerprint density at radius 1 is 1.06 bits per heavy atom. The SMILES string of the molecule is C=C(C)c1ccc2c(c1)Cc1cc(C(=O)NCc3c(F)cc(C(=N)N)cc3F)ccc1[C@H]2O. The van der Waals surface area contributed by atoms with Crippen molar-refractivity contribution in [1.29, 1.82) is 5.41 Å². The van der Waals surface area contributed by atoms with Gasteiger partial charge in [0.2, 0.25) is 0 Å². The van der Waals surface area contributed by atoms with E-state index in [0.717, 1.165) is 45.5 Å². The van der Waals surface area contributed by atoms with Crippen LogP contribution in [0.1, 0.15) is 62.3 Å². The van der Waals surface area contributed by atoms with Crippen LogP contribution in [-0.4, -0.2) is 16.8 Å². The van der Waals surface area contributed by atoms with Gasteiger partial charge in [-0.15, -0.1) is 0 Å². The molecule has 5 N–H and O–H groups in total. The van der Waals surface area contributed by atoms with Crippen molar-refractivity contribution in [2.24, 2.45) is 5.73 Å². The van der Waals surface area contributed by atoms with Crippen molar-refractivity contribution >= 4 is 17.3 Å². The van der Waals surface area contributed by atoms with Crippen molar-refractivity contribution in [1.82, 2.24) is 5.32 Å². The number of nitrogens with two attached hydrogens (primary N) is 1. The van der Waals surface area contributed by atoms with Gasteiger partial charge in [-0.25, -0.2) is 8.78 Å². The van der Waals surface area contributed by atoms with Crippen LogP contribution in [0.2, 0.25) is 0 Å². The van der Waals surface area contributed by atoms with Crippen molar-refractivity contribution in [2.75, 3.05) is 0 Å². The van der Waals surface area contributed by atoms with Gasteiger partial charge in [0.15, 0.2) is 0 Å². The van der Waals surface area contributed by atoms with Gasteiger partial charge in [0.1, 0.15) is 23.6 Å². The smallest absolute Gasteiger partial charge is 0.251 e. The van der Waals surface area contributed by atoms with Crippen LogP contribution in [0.4, 0.5) is 8.78 Å². The first-order chi connectivity index (χ1) is 15.7. The van der Waals surface area contributed by atoms with Crippen LogP contribution in [-0.2, 0) is 13.0 Å². The van der Waals surface area contributed by atoms with Crippen molar-refractivity contribution in [3.63, 3.8) is 0 Å². The molecule has 33 heavy (non-hydrogen) atoms. The van der Waals surface area contributed by atoms with Gasteiger partial charge < -0.3 is 16.2 Å². The summed E-state index contributed by atoms with van der Waals surface area (Å²) in [7, 11) is 0. The maximum absolute atomic E-state index is 14.2. The molecule has 4 rings (SSSR count). The molecular weight excluding hydrogens is 424 g/mol. The van der Waals surface area contributed by atoms with Gasteiger partial charge in [0.25, 0.3) is 5.91 Å². The van der Waals surface area contributed by atoms with Gasteiger partial charge in [-0.3, -0.25) is 10.2 Å². The number of carbonyl (C=O) groups is 1. The maximum Gasteiger partial charge on any atom is 0.251 e. The van der Waals surface area contributed by atoms with E-state index < -0.39 is 29.5 Å². The monoisotopic (exact) mass is 447 g/mol. The van der Waals surface area contributed by atoms with Crippen LogP contribution in [0.3, 0.4) is 0 Å². The number of allylic oxidation sites excluding steroid dienone is 1. The highest BCUT2D eigenvalue weighted by Crippen LogP contribution is 2.36. The summed E-state index contributed by atoms with van der Waals surface area (Å²) in [5.74, 6) is -2.72. The third kappa shape index (κ3) is 4.27. The van der Waals surface area contributed by atoms with E-state index in [2.05, 4.69) is 11.9 Å². The molecule has 3 aromatic carbocycles. The van der Waals surface area contributed by atoms with Crippen LogP contribution in [0, 0.1) is 17.0 Å². The molecule has 1 aliphatic rings. The lowest BCUT2D eigenvalue weighted by Crippen LogP contribution is -2.25. The number of aliphatic hydroxyl groups is 1. The summed E-state index contributed by atoms with van der Waals surface area (Å²) in [4.78, 5) is 12.7. The Morgan fingerprint density at radius 3 is 2.15 bits per heavy atom. The third-order valence-corrected chi connectivity index (χ3v) is 5.89. The number of amides is 1. The zero-order valence-corrected chi connectivity index (χ0v) is 18.0. The molecule has 0 bridgehead atoms. The molecule has 0 aromatic heterocycles. The highest BCUT2D eigenvalue weighted by Gasteiger charge is 2.25. The van der Waals surface area contributed by atoms with E-state index in [0.29, 0.717) is 12.0 Å². The van der Waals surface area contributed by atoms with E-state index in [1.165, 1.54) is 0 Å². The number of nitrogen functional groups attached to an aromatic ring is 1. The van der Waals surface area contributed by atoms with Gasteiger partial charge in [-0.2, -0.15) is 0 Å². The fraction of sp³-hybridized carbons (Fsp3) is 0.154. The highest BCUT2D eigenvalue weighted by molar-refractivity contribution is 5.95. The highest BCUT2D eigenvalue weighted by atomic mass is 19.1. The van der Waals surface area contributed by atoms with E-state index in [4.69, 9.17) is 11.1 Å². The Hall–Kier alpha value is -3.84. The Balaban J connectivity index is 1.55. The van der Waals surface area contributed by atoms with E-state index in [1.807, 2.05) is 25.1 Å². The molecule has 0 saturated carbocycles. The Bertz CT molecular complexity index is 1290.